The highest BCUT2D eigenvalue weighted by Crippen LogP contribution is 2.21. The van der Waals surface area contributed by atoms with E-state index < -0.39 is 6.10 Å². The maximum atomic E-state index is 12.4. The molecule has 0 spiro atoms. The topological polar surface area (TPSA) is 41.6 Å². The number of nitrogens with one attached hydrogen (secondary N) is 1. The van der Waals surface area contributed by atoms with Gasteiger partial charge in [-0.3, -0.25) is 4.79 Å². The monoisotopic (exact) mass is 366 g/mol. The van der Waals surface area contributed by atoms with Crippen LogP contribution in [0, 0.1) is 13.8 Å². The van der Waals surface area contributed by atoms with E-state index >= 15 is 0 Å². The number of hydrogen-bond acceptors (Lipinski definition) is 3. The van der Waals surface area contributed by atoms with Crippen LogP contribution in [-0.2, 0) is 11.3 Å². The molecule has 0 aliphatic carbocycles. The standard InChI is InChI=1S/C23H30N2O2/c1-17-7-12-22(18(2)15-17)27-19(3)23(26)24-16-20-8-10-21(11-9-20)25-13-5-4-6-14-25/h7-12,15,19H,4-6,13-14,16H2,1-3H3,(H,24,26)/t19-/m1/s1. The van der Waals surface area contributed by atoms with Crippen molar-refractivity contribution in [2.45, 2.75) is 52.7 Å². The molecule has 4 heteroatoms. The number of piperidine rings is 1. The normalized spacial score (nSPS) is 15.3. The van der Waals surface area contributed by atoms with Gasteiger partial charge in [-0.05, 0) is 69.4 Å². The van der Waals surface area contributed by atoms with Crippen molar-refractivity contribution in [3.63, 3.8) is 0 Å². The highest BCUT2D eigenvalue weighted by atomic mass is 16.5. The summed E-state index contributed by atoms with van der Waals surface area (Å²) >= 11 is 0. The first kappa shape index (κ1) is 19.3. The van der Waals surface area contributed by atoms with Crippen molar-refractivity contribution >= 4 is 11.6 Å². The van der Waals surface area contributed by atoms with Crippen LogP contribution in [0.4, 0.5) is 5.69 Å². The van der Waals surface area contributed by atoms with Gasteiger partial charge in [0, 0.05) is 25.3 Å². The van der Waals surface area contributed by atoms with Crippen LogP contribution in [0.25, 0.3) is 0 Å². The number of aryl methyl sites for hydroxylation is 2. The quantitative estimate of drug-likeness (QED) is 0.825. The number of ether oxygens (including phenoxy) is 1. The molecule has 2 aromatic carbocycles. The number of rotatable bonds is 6. The van der Waals surface area contributed by atoms with E-state index in [0.29, 0.717) is 6.54 Å². The molecule has 0 radical (unpaired) electrons. The van der Waals surface area contributed by atoms with Gasteiger partial charge in [-0.2, -0.15) is 0 Å². The Kier molecular flexibility index (Phi) is 6.38. The zero-order valence-corrected chi connectivity index (χ0v) is 16.6. The molecule has 27 heavy (non-hydrogen) atoms. The molecule has 4 nitrogen and oxygen atoms in total. The molecule has 3 rings (SSSR count). The van der Waals surface area contributed by atoms with Gasteiger partial charge in [-0.1, -0.05) is 29.8 Å². The maximum absolute atomic E-state index is 12.4. The van der Waals surface area contributed by atoms with E-state index in [2.05, 4.69) is 40.5 Å². The molecule has 144 valence electrons. The second kappa shape index (κ2) is 8.94. The molecule has 1 N–H and O–H groups in total. The number of amides is 1. The lowest BCUT2D eigenvalue weighted by Gasteiger charge is -2.28. The van der Waals surface area contributed by atoms with Crippen LogP contribution >= 0.6 is 0 Å². The molecular weight excluding hydrogens is 336 g/mol. The van der Waals surface area contributed by atoms with E-state index in [4.69, 9.17) is 4.74 Å². The lowest BCUT2D eigenvalue weighted by Crippen LogP contribution is -2.36. The second-order valence-electron chi connectivity index (χ2n) is 7.46. The summed E-state index contributed by atoms with van der Waals surface area (Å²) in [6, 6.07) is 14.5. The first-order valence-corrected chi connectivity index (χ1v) is 9.88. The predicted octanol–water partition coefficient (Wildman–Crippen LogP) is 4.38. The van der Waals surface area contributed by atoms with Gasteiger partial charge in [-0.15, -0.1) is 0 Å². The van der Waals surface area contributed by atoms with Gasteiger partial charge < -0.3 is 15.0 Å². The zero-order valence-electron chi connectivity index (χ0n) is 16.6. The molecule has 1 aliphatic rings. The molecule has 0 aromatic heterocycles. The maximum Gasteiger partial charge on any atom is 0.261 e. The van der Waals surface area contributed by atoms with Gasteiger partial charge in [0.15, 0.2) is 6.10 Å². The van der Waals surface area contributed by atoms with Crippen LogP contribution in [-0.4, -0.2) is 25.1 Å². The predicted molar refractivity (Wildman–Crippen MR) is 110 cm³/mol. The minimum atomic E-state index is -0.529. The van der Waals surface area contributed by atoms with Gasteiger partial charge in [0.25, 0.3) is 5.91 Å². The van der Waals surface area contributed by atoms with E-state index in [-0.39, 0.29) is 5.91 Å². The average Bonchev–Trinajstić information content (AvgIpc) is 2.69. The van der Waals surface area contributed by atoms with Crippen LogP contribution in [0.2, 0.25) is 0 Å². The van der Waals surface area contributed by atoms with Crippen molar-refractivity contribution in [1.29, 1.82) is 0 Å². The number of benzene rings is 2. The fourth-order valence-corrected chi connectivity index (χ4v) is 3.49. The van der Waals surface area contributed by atoms with Crippen molar-refractivity contribution in [2.24, 2.45) is 0 Å². The molecule has 1 saturated heterocycles. The number of carbonyl (C=O) groups excluding carboxylic acids is 1. The molecule has 1 atom stereocenters. The van der Waals surface area contributed by atoms with E-state index in [0.717, 1.165) is 30.0 Å². The van der Waals surface area contributed by atoms with Gasteiger partial charge in [0.05, 0.1) is 0 Å². The number of carbonyl (C=O) groups is 1. The van der Waals surface area contributed by atoms with Gasteiger partial charge in [-0.25, -0.2) is 0 Å². The van der Waals surface area contributed by atoms with E-state index in [1.54, 1.807) is 6.92 Å². The zero-order chi connectivity index (χ0) is 19.2. The van der Waals surface area contributed by atoms with Crippen molar-refractivity contribution < 1.29 is 9.53 Å². The van der Waals surface area contributed by atoms with Crippen LogP contribution in [0.15, 0.2) is 42.5 Å². The molecule has 1 amide bonds. The van der Waals surface area contributed by atoms with E-state index in [9.17, 15) is 4.79 Å². The largest absolute Gasteiger partial charge is 0.481 e. The summed E-state index contributed by atoms with van der Waals surface area (Å²) in [6.45, 7) is 8.63. The highest BCUT2D eigenvalue weighted by molar-refractivity contribution is 5.80. The Bertz CT molecular complexity index is 764. The Morgan fingerprint density at radius 2 is 1.78 bits per heavy atom. The third-order valence-corrected chi connectivity index (χ3v) is 5.13. The third kappa shape index (κ3) is 5.25. The SMILES string of the molecule is Cc1ccc(O[C@H](C)C(=O)NCc2ccc(N3CCCCC3)cc2)c(C)c1. The molecule has 0 saturated carbocycles. The van der Waals surface area contributed by atoms with Crippen LogP contribution < -0.4 is 15.0 Å². The minimum absolute atomic E-state index is 0.102. The summed E-state index contributed by atoms with van der Waals surface area (Å²) in [5, 5.41) is 2.97. The van der Waals surface area contributed by atoms with Crippen molar-refractivity contribution in [3.05, 3.63) is 59.2 Å². The molecule has 0 bridgehead atoms. The van der Waals surface area contributed by atoms with Crippen LogP contribution in [0.1, 0.15) is 42.9 Å². The minimum Gasteiger partial charge on any atom is -0.481 e. The first-order valence-electron chi connectivity index (χ1n) is 9.88. The molecule has 2 aromatic rings. The molecule has 1 heterocycles. The summed E-state index contributed by atoms with van der Waals surface area (Å²) in [5.74, 6) is 0.657. The van der Waals surface area contributed by atoms with Crippen LogP contribution in [0.3, 0.4) is 0 Å². The molecule has 1 fully saturated rings. The van der Waals surface area contributed by atoms with E-state index in [1.165, 1.54) is 30.5 Å². The summed E-state index contributed by atoms with van der Waals surface area (Å²) < 4.78 is 5.83. The third-order valence-electron chi connectivity index (χ3n) is 5.13. The molecule has 0 unspecified atom stereocenters. The first-order chi connectivity index (χ1) is 13.0. The molecule has 1 aliphatic heterocycles. The van der Waals surface area contributed by atoms with Crippen molar-refractivity contribution in [3.8, 4) is 5.75 Å². The highest BCUT2D eigenvalue weighted by Gasteiger charge is 2.16. The average molecular weight is 367 g/mol. The smallest absolute Gasteiger partial charge is 0.261 e. The van der Waals surface area contributed by atoms with Gasteiger partial charge in [0.2, 0.25) is 0 Å². The summed E-state index contributed by atoms with van der Waals surface area (Å²) in [5.41, 5.74) is 4.60. The number of anilines is 1. The lowest BCUT2D eigenvalue weighted by atomic mass is 10.1. The second-order valence-corrected chi connectivity index (χ2v) is 7.46. The Labute approximate surface area is 162 Å². The van der Waals surface area contributed by atoms with Crippen molar-refractivity contribution in [1.82, 2.24) is 5.32 Å². The lowest BCUT2D eigenvalue weighted by molar-refractivity contribution is -0.127. The summed E-state index contributed by atoms with van der Waals surface area (Å²) in [4.78, 5) is 14.8. The Morgan fingerprint density at radius 1 is 1.07 bits per heavy atom. The van der Waals surface area contributed by atoms with Crippen molar-refractivity contribution in [2.75, 3.05) is 18.0 Å². The Balaban J connectivity index is 1.50. The summed E-state index contributed by atoms with van der Waals surface area (Å²) in [6.07, 6.45) is 3.36. The number of hydrogen-bond donors (Lipinski definition) is 1. The Hall–Kier alpha value is -2.49. The summed E-state index contributed by atoms with van der Waals surface area (Å²) in [7, 11) is 0. The van der Waals surface area contributed by atoms with Gasteiger partial charge in [0.1, 0.15) is 5.75 Å². The fraction of sp³-hybridized carbons (Fsp3) is 0.435. The van der Waals surface area contributed by atoms with Crippen LogP contribution in [0.5, 0.6) is 5.75 Å². The van der Waals surface area contributed by atoms with E-state index in [1.807, 2.05) is 26.0 Å². The Morgan fingerprint density at radius 3 is 2.44 bits per heavy atom. The fourth-order valence-electron chi connectivity index (χ4n) is 3.49. The molecular formula is C23H30N2O2. The van der Waals surface area contributed by atoms with Gasteiger partial charge >= 0.3 is 0 Å². The number of nitrogens with zero attached hydrogens (tertiary/aromatic N) is 1.